The van der Waals surface area contributed by atoms with Crippen molar-refractivity contribution in [2.75, 3.05) is 19.8 Å². The quantitative estimate of drug-likeness (QED) is 0.865. The normalized spacial score (nSPS) is 21.4. The molecule has 2 fully saturated rings. The summed E-state index contributed by atoms with van der Waals surface area (Å²) in [6.07, 6.45) is 2.38. The Kier molecular flexibility index (Phi) is 4.34. The van der Waals surface area contributed by atoms with Gasteiger partial charge in [-0.25, -0.2) is 0 Å². The number of carbonyl (C=O) groups excluding carboxylic acids is 1. The second kappa shape index (κ2) is 6.13. The van der Waals surface area contributed by atoms with Crippen molar-refractivity contribution in [2.24, 2.45) is 5.41 Å². The molecule has 5 nitrogen and oxygen atoms in total. The third-order valence-electron chi connectivity index (χ3n) is 5.05. The number of rotatable bonds is 5. The predicted octanol–water partition coefficient (Wildman–Crippen LogP) is 2.37. The molecule has 0 atom stereocenters. The predicted molar refractivity (Wildman–Crippen MR) is 85.5 cm³/mol. The Labute approximate surface area is 140 Å². The molecule has 0 bridgehead atoms. The maximum atomic E-state index is 12.7. The Bertz CT molecular complexity index is 621. The van der Waals surface area contributed by atoms with Crippen LogP contribution in [0.4, 0.5) is 0 Å². The average Bonchev–Trinajstić information content (AvgIpc) is 3.35. The lowest BCUT2D eigenvalue weighted by Gasteiger charge is -2.33. The average molecular weight is 338 g/mol. The van der Waals surface area contributed by atoms with Crippen molar-refractivity contribution in [1.82, 2.24) is 5.32 Å². The highest BCUT2D eigenvalue weighted by atomic mass is 35.5. The van der Waals surface area contributed by atoms with Gasteiger partial charge in [-0.1, -0.05) is 23.7 Å². The van der Waals surface area contributed by atoms with Crippen molar-refractivity contribution in [2.45, 2.75) is 31.1 Å². The molecule has 23 heavy (non-hydrogen) atoms. The fraction of sp³-hybridized carbons (Fsp3) is 0.529. The summed E-state index contributed by atoms with van der Waals surface area (Å²) < 4.78 is 5.25. The zero-order valence-corrected chi connectivity index (χ0v) is 13.6. The number of ether oxygens (including phenoxy) is 1. The zero-order chi connectivity index (χ0) is 16.5. The van der Waals surface area contributed by atoms with Crippen molar-refractivity contribution >= 4 is 23.5 Å². The van der Waals surface area contributed by atoms with Gasteiger partial charge in [0.1, 0.15) is 0 Å². The van der Waals surface area contributed by atoms with Gasteiger partial charge in [0, 0.05) is 24.8 Å². The molecule has 1 amide bonds. The SMILES string of the molecule is O=C(O)C1(CNC(=O)C2(c3cccc(Cl)c3)CC2)CCOCC1. The lowest BCUT2D eigenvalue weighted by Crippen LogP contribution is -2.48. The first-order chi connectivity index (χ1) is 11.0. The van der Waals surface area contributed by atoms with Crippen LogP contribution in [0.25, 0.3) is 0 Å². The largest absolute Gasteiger partial charge is 0.481 e. The summed E-state index contributed by atoms with van der Waals surface area (Å²) in [6, 6.07) is 7.33. The van der Waals surface area contributed by atoms with Crippen LogP contribution in [0.5, 0.6) is 0 Å². The van der Waals surface area contributed by atoms with Gasteiger partial charge in [0.2, 0.25) is 5.91 Å². The van der Waals surface area contributed by atoms with E-state index < -0.39 is 16.8 Å². The van der Waals surface area contributed by atoms with Gasteiger partial charge in [-0.2, -0.15) is 0 Å². The molecular formula is C17H20ClNO4. The number of nitrogens with one attached hydrogen (secondary N) is 1. The van der Waals surface area contributed by atoms with E-state index in [0.717, 1.165) is 18.4 Å². The minimum atomic E-state index is -0.918. The van der Waals surface area contributed by atoms with Crippen molar-refractivity contribution in [1.29, 1.82) is 0 Å². The van der Waals surface area contributed by atoms with Gasteiger partial charge in [0.05, 0.1) is 10.8 Å². The van der Waals surface area contributed by atoms with Gasteiger partial charge < -0.3 is 15.2 Å². The Morgan fingerprint density at radius 2 is 1.91 bits per heavy atom. The minimum absolute atomic E-state index is 0.105. The summed E-state index contributed by atoms with van der Waals surface area (Å²) in [5.74, 6) is -0.972. The second-order valence-electron chi connectivity index (χ2n) is 6.47. The number of aliphatic carboxylic acids is 1. The number of halogens is 1. The molecule has 6 heteroatoms. The Hall–Kier alpha value is -1.59. The number of carboxylic acids is 1. The van der Waals surface area contributed by atoms with E-state index in [4.69, 9.17) is 16.3 Å². The molecular weight excluding hydrogens is 318 g/mol. The molecule has 1 saturated heterocycles. The van der Waals surface area contributed by atoms with Crippen LogP contribution in [0.15, 0.2) is 24.3 Å². The number of benzene rings is 1. The second-order valence-corrected chi connectivity index (χ2v) is 6.91. The summed E-state index contributed by atoms with van der Waals surface area (Å²) in [5, 5.41) is 13.0. The minimum Gasteiger partial charge on any atom is -0.481 e. The van der Waals surface area contributed by atoms with Crippen molar-refractivity contribution in [3.8, 4) is 0 Å². The van der Waals surface area contributed by atoms with Crippen molar-refractivity contribution in [3.05, 3.63) is 34.9 Å². The van der Waals surface area contributed by atoms with Crippen LogP contribution in [0.3, 0.4) is 0 Å². The van der Waals surface area contributed by atoms with Crippen LogP contribution in [0.2, 0.25) is 5.02 Å². The maximum Gasteiger partial charge on any atom is 0.311 e. The molecule has 0 spiro atoms. The summed E-state index contributed by atoms with van der Waals surface area (Å²) >= 11 is 6.02. The van der Waals surface area contributed by atoms with Crippen LogP contribution in [0.1, 0.15) is 31.2 Å². The van der Waals surface area contributed by atoms with E-state index >= 15 is 0 Å². The standard InChI is InChI=1S/C17H20ClNO4/c18-13-3-1-2-12(10-13)17(4-5-17)14(20)19-11-16(15(21)22)6-8-23-9-7-16/h1-3,10H,4-9,11H2,(H,19,20)(H,21,22). The third-order valence-corrected chi connectivity index (χ3v) is 5.29. The van der Waals surface area contributed by atoms with Crippen LogP contribution in [0, 0.1) is 5.41 Å². The summed E-state index contributed by atoms with van der Waals surface area (Å²) in [5.41, 5.74) is -0.562. The van der Waals surface area contributed by atoms with Crippen molar-refractivity contribution < 1.29 is 19.4 Å². The van der Waals surface area contributed by atoms with Gasteiger partial charge in [-0.15, -0.1) is 0 Å². The van der Waals surface area contributed by atoms with Gasteiger partial charge in [-0.3, -0.25) is 9.59 Å². The highest BCUT2D eigenvalue weighted by Gasteiger charge is 2.52. The van der Waals surface area contributed by atoms with Gasteiger partial charge in [-0.05, 0) is 43.4 Å². The van der Waals surface area contributed by atoms with Crippen LogP contribution in [-0.2, 0) is 19.7 Å². The lowest BCUT2D eigenvalue weighted by molar-refractivity contribution is -0.154. The summed E-state index contributed by atoms with van der Waals surface area (Å²) in [7, 11) is 0. The monoisotopic (exact) mass is 337 g/mol. The number of hydrogen-bond acceptors (Lipinski definition) is 3. The Balaban J connectivity index is 1.70. The molecule has 1 heterocycles. The Morgan fingerprint density at radius 1 is 1.22 bits per heavy atom. The fourth-order valence-corrected chi connectivity index (χ4v) is 3.40. The number of hydrogen-bond donors (Lipinski definition) is 2. The number of amides is 1. The van der Waals surface area contributed by atoms with Crippen LogP contribution < -0.4 is 5.32 Å². The molecule has 0 unspecified atom stereocenters. The molecule has 124 valence electrons. The highest BCUT2D eigenvalue weighted by molar-refractivity contribution is 6.30. The molecule has 3 rings (SSSR count). The molecule has 2 aliphatic rings. The topological polar surface area (TPSA) is 75.6 Å². The van der Waals surface area contributed by atoms with Crippen LogP contribution >= 0.6 is 11.6 Å². The first kappa shape index (κ1) is 16.3. The molecule has 0 radical (unpaired) electrons. The summed E-state index contributed by atoms with van der Waals surface area (Å²) in [6.45, 7) is 0.982. The maximum absolute atomic E-state index is 12.7. The lowest BCUT2D eigenvalue weighted by atomic mass is 9.80. The van der Waals surface area contributed by atoms with Crippen molar-refractivity contribution in [3.63, 3.8) is 0 Å². The van der Waals surface area contributed by atoms with Gasteiger partial charge in [0.25, 0.3) is 0 Å². The molecule has 1 saturated carbocycles. The highest BCUT2D eigenvalue weighted by Crippen LogP contribution is 2.49. The van der Waals surface area contributed by atoms with E-state index in [1.54, 1.807) is 6.07 Å². The van der Waals surface area contributed by atoms with Gasteiger partial charge >= 0.3 is 5.97 Å². The number of carboxylic acid groups (broad SMARTS) is 1. The van der Waals surface area contributed by atoms with Crippen LogP contribution in [-0.4, -0.2) is 36.7 Å². The molecule has 1 aliphatic heterocycles. The van der Waals surface area contributed by atoms with E-state index in [0.29, 0.717) is 31.1 Å². The molecule has 0 aromatic heterocycles. The zero-order valence-electron chi connectivity index (χ0n) is 12.8. The first-order valence-electron chi connectivity index (χ1n) is 7.84. The van der Waals surface area contributed by atoms with E-state index in [2.05, 4.69) is 5.32 Å². The fourth-order valence-electron chi connectivity index (χ4n) is 3.21. The third kappa shape index (κ3) is 3.08. The van der Waals surface area contributed by atoms with Gasteiger partial charge in [0.15, 0.2) is 0 Å². The molecule has 1 aliphatic carbocycles. The summed E-state index contributed by atoms with van der Waals surface area (Å²) in [4.78, 5) is 24.3. The molecule has 2 N–H and O–H groups in total. The number of carbonyl (C=O) groups is 2. The van der Waals surface area contributed by atoms with E-state index in [-0.39, 0.29) is 12.5 Å². The first-order valence-corrected chi connectivity index (χ1v) is 8.22. The Morgan fingerprint density at radius 3 is 2.48 bits per heavy atom. The van der Waals surface area contributed by atoms with E-state index in [1.165, 1.54) is 0 Å². The van der Waals surface area contributed by atoms with E-state index in [1.807, 2.05) is 18.2 Å². The smallest absolute Gasteiger partial charge is 0.311 e. The molecule has 1 aromatic rings. The molecule has 1 aromatic carbocycles. The van der Waals surface area contributed by atoms with E-state index in [9.17, 15) is 14.7 Å².